The molecule has 92 valence electrons. The third-order valence-electron chi connectivity index (χ3n) is 2.66. The molecule has 0 bridgehead atoms. The molecule has 1 N–H and O–H groups in total. The van der Waals surface area contributed by atoms with Crippen LogP contribution in [0.3, 0.4) is 0 Å². The third kappa shape index (κ3) is 3.14. The Balaban J connectivity index is 1.99. The van der Waals surface area contributed by atoms with E-state index in [1.54, 1.807) is 17.4 Å². The molecule has 1 heterocycles. The molecule has 3 nitrogen and oxygen atoms in total. The molecule has 0 aliphatic carbocycles. The predicted molar refractivity (Wildman–Crippen MR) is 71.2 cm³/mol. The molecule has 0 aliphatic rings. The van der Waals surface area contributed by atoms with Crippen LogP contribution in [0.2, 0.25) is 0 Å². The molecule has 1 aromatic carbocycles. The van der Waals surface area contributed by atoms with Crippen LogP contribution in [0, 0.1) is 5.82 Å². The van der Waals surface area contributed by atoms with Crippen molar-refractivity contribution in [3.63, 3.8) is 0 Å². The molecular weight excluding hydrogens is 237 g/mol. The standard InChI is InChI=1S/C12H16FN3S/c1-3-16(2)7-6-14-12-15-10-8-9(13)4-5-11(10)17-12/h4-5,8H,3,6-7H2,1-2H3,(H,14,15). The zero-order chi connectivity index (χ0) is 12.3. The minimum absolute atomic E-state index is 0.236. The summed E-state index contributed by atoms with van der Waals surface area (Å²) in [6.45, 7) is 4.99. The van der Waals surface area contributed by atoms with E-state index in [0.717, 1.165) is 35.0 Å². The van der Waals surface area contributed by atoms with Gasteiger partial charge in [0.1, 0.15) is 5.82 Å². The molecule has 0 saturated carbocycles. The van der Waals surface area contributed by atoms with Crippen LogP contribution in [0.15, 0.2) is 18.2 Å². The maximum absolute atomic E-state index is 13.0. The van der Waals surface area contributed by atoms with Crippen LogP contribution in [-0.4, -0.2) is 36.6 Å². The zero-order valence-corrected chi connectivity index (χ0v) is 10.9. The van der Waals surface area contributed by atoms with E-state index in [1.165, 1.54) is 12.1 Å². The molecule has 0 amide bonds. The highest BCUT2D eigenvalue weighted by Gasteiger charge is 2.04. The van der Waals surface area contributed by atoms with Crippen LogP contribution in [0.5, 0.6) is 0 Å². The van der Waals surface area contributed by atoms with Crippen LogP contribution in [0.4, 0.5) is 9.52 Å². The van der Waals surface area contributed by atoms with E-state index in [-0.39, 0.29) is 5.82 Å². The summed E-state index contributed by atoms with van der Waals surface area (Å²) in [6.07, 6.45) is 0. The summed E-state index contributed by atoms with van der Waals surface area (Å²) in [6, 6.07) is 4.70. The fraction of sp³-hybridized carbons (Fsp3) is 0.417. The molecule has 0 aliphatic heterocycles. The number of halogens is 1. The number of rotatable bonds is 5. The van der Waals surface area contributed by atoms with E-state index in [2.05, 4.69) is 29.2 Å². The van der Waals surface area contributed by atoms with Crippen molar-refractivity contribution in [1.82, 2.24) is 9.88 Å². The molecule has 2 aromatic rings. The van der Waals surface area contributed by atoms with Crippen molar-refractivity contribution in [2.24, 2.45) is 0 Å². The van der Waals surface area contributed by atoms with Gasteiger partial charge in [-0.15, -0.1) is 0 Å². The molecule has 2 rings (SSSR count). The Kier molecular flexibility index (Phi) is 3.91. The molecule has 0 spiro atoms. The Labute approximate surface area is 104 Å². The third-order valence-corrected chi connectivity index (χ3v) is 3.65. The van der Waals surface area contributed by atoms with E-state index in [1.807, 2.05) is 0 Å². The lowest BCUT2D eigenvalue weighted by Crippen LogP contribution is -2.24. The number of thiazole rings is 1. The highest BCUT2D eigenvalue weighted by atomic mass is 32.1. The van der Waals surface area contributed by atoms with Gasteiger partial charge in [-0.05, 0) is 25.7 Å². The van der Waals surface area contributed by atoms with E-state index >= 15 is 0 Å². The van der Waals surface area contributed by atoms with Crippen molar-refractivity contribution >= 4 is 26.7 Å². The van der Waals surface area contributed by atoms with Crippen molar-refractivity contribution in [1.29, 1.82) is 0 Å². The monoisotopic (exact) mass is 253 g/mol. The summed E-state index contributed by atoms with van der Waals surface area (Å²) in [5, 5.41) is 4.12. The van der Waals surface area contributed by atoms with Gasteiger partial charge < -0.3 is 10.2 Å². The summed E-state index contributed by atoms with van der Waals surface area (Å²) < 4.78 is 14.0. The van der Waals surface area contributed by atoms with Crippen LogP contribution in [0.1, 0.15) is 6.92 Å². The first-order valence-corrected chi connectivity index (χ1v) is 6.49. The van der Waals surface area contributed by atoms with Crippen molar-refractivity contribution < 1.29 is 4.39 Å². The first kappa shape index (κ1) is 12.3. The summed E-state index contributed by atoms with van der Waals surface area (Å²) in [4.78, 5) is 6.57. The Morgan fingerprint density at radius 3 is 3.06 bits per heavy atom. The summed E-state index contributed by atoms with van der Waals surface area (Å²) in [5.74, 6) is -0.236. The van der Waals surface area contributed by atoms with E-state index < -0.39 is 0 Å². The summed E-state index contributed by atoms with van der Waals surface area (Å²) >= 11 is 1.56. The second-order valence-corrected chi connectivity index (χ2v) is 4.98. The minimum Gasteiger partial charge on any atom is -0.360 e. The summed E-state index contributed by atoms with van der Waals surface area (Å²) in [5.41, 5.74) is 0.723. The van der Waals surface area contributed by atoms with Gasteiger partial charge in [-0.3, -0.25) is 0 Å². The van der Waals surface area contributed by atoms with E-state index in [9.17, 15) is 4.39 Å². The van der Waals surface area contributed by atoms with Gasteiger partial charge in [-0.2, -0.15) is 0 Å². The average Bonchev–Trinajstić information content (AvgIpc) is 2.70. The number of hydrogen-bond donors (Lipinski definition) is 1. The molecular formula is C12H16FN3S. The number of nitrogens with one attached hydrogen (secondary N) is 1. The number of benzene rings is 1. The van der Waals surface area contributed by atoms with Gasteiger partial charge in [0.25, 0.3) is 0 Å². The number of aromatic nitrogens is 1. The molecule has 0 atom stereocenters. The van der Waals surface area contributed by atoms with Gasteiger partial charge in [0.2, 0.25) is 0 Å². The summed E-state index contributed by atoms with van der Waals surface area (Å²) in [7, 11) is 2.08. The lowest BCUT2D eigenvalue weighted by molar-refractivity contribution is 0.367. The Hall–Kier alpha value is -1.20. The first-order valence-electron chi connectivity index (χ1n) is 5.67. The molecule has 0 fully saturated rings. The SMILES string of the molecule is CCN(C)CCNc1nc2cc(F)ccc2s1. The average molecular weight is 253 g/mol. The highest BCUT2D eigenvalue weighted by molar-refractivity contribution is 7.22. The second-order valence-electron chi connectivity index (χ2n) is 3.95. The predicted octanol–water partition coefficient (Wildman–Crippen LogP) is 2.80. The van der Waals surface area contributed by atoms with Gasteiger partial charge in [0.15, 0.2) is 5.13 Å². The molecule has 0 saturated heterocycles. The van der Waals surface area contributed by atoms with Crippen LogP contribution in [0.25, 0.3) is 10.2 Å². The van der Waals surface area contributed by atoms with Crippen molar-refractivity contribution in [3.05, 3.63) is 24.0 Å². The zero-order valence-electron chi connectivity index (χ0n) is 10.0. The van der Waals surface area contributed by atoms with Gasteiger partial charge >= 0.3 is 0 Å². The molecule has 1 aromatic heterocycles. The van der Waals surface area contributed by atoms with Gasteiger partial charge in [-0.25, -0.2) is 9.37 Å². The maximum Gasteiger partial charge on any atom is 0.183 e. The number of likely N-dealkylation sites (N-methyl/N-ethyl adjacent to an activating group) is 1. The largest absolute Gasteiger partial charge is 0.360 e. The molecule has 0 radical (unpaired) electrons. The van der Waals surface area contributed by atoms with E-state index in [0.29, 0.717) is 0 Å². The lowest BCUT2D eigenvalue weighted by Gasteiger charge is -2.13. The quantitative estimate of drug-likeness (QED) is 0.888. The van der Waals surface area contributed by atoms with Crippen molar-refractivity contribution in [3.8, 4) is 0 Å². The fourth-order valence-corrected chi connectivity index (χ4v) is 2.36. The molecule has 0 unspecified atom stereocenters. The molecule has 17 heavy (non-hydrogen) atoms. The van der Waals surface area contributed by atoms with Crippen molar-refractivity contribution in [2.45, 2.75) is 6.92 Å². The number of fused-ring (bicyclic) bond motifs is 1. The van der Waals surface area contributed by atoms with E-state index in [4.69, 9.17) is 0 Å². The number of anilines is 1. The normalized spacial score (nSPS) is 11.3. The lowest BCUT2D eigenvalue weighted by atomic mass is 10.3. The van der Waals surface area contributed by atoms with Crippen LogP contribution >= 0.6 is 11.3 Å². The van der Waals surface area contributed by atoms with Crippen LogP contribution in [-0.2, 0) is 0 Å². The van der Waals surface area contributed by atoms with Gasteiger partial charge in [0.05, 0.1) is 10.2 Å². The topological polar surface area (TPSA) is 28.2 Å². The maximum atomic E-state index is 13.0. The highest BCUT2D eigenvalue weighted by Crippen LogP contribution is 2.25. The van der Waals surface area contributed by atoms with Gasteiger partial charge in [0, 0.05) is 19.2 Å². The minimum atomic E-state index is -0.236. The smallest absolute Gasteiger partial charge is 0.183 e. The van der Waals surface area contributed by atoms with Gasteiger partial charge in [-0.1, -0.05) is 18.3 Å². The Bertz CT molecular complexity index is 497. The number of nitrogens with zero attached hydrogens (tertiary/aromatic N) is 2. The Morgan fingerprint density at radius 1 is 1.47 bits per heavy atom. The fourth-order valence-electron chi connectivity index (χ4n) is 1.49. The number of hydrogen-bond acceptors (Lipinski definition) is 4. The van der Waals surface area contributed by atoms with Crippen LogP contribution < -0.4 is 5.32 Å². The first-order chi connectivity index (χ1) is 8.19. The second kappa shape index (κ2) is 5.42. The Morgan fingerprint density at radius 2 is 2.29 bits per heavy atom. The molecule has 5 heteroatoms. The van der Waals surface area contributed by atoms with Crippen molar-refractivity contribution in [2.75, 3.05) is 32.0 Å².